The molecule has 0 aromatic rings. The highest BCUT2D eigenvalue weighted by Gasteiger charge is 2.35. The average Bonchev–Trinajstić information content (AvgIpc) is 3.07. The Morgan fingerprint density at radius 1 is 0.679 bits per heavy atom. The minimum absolute atomic E-state index is 0.0465. The standard InChI is InChI=1S/C29H53N11O11S2/c1-12(2)7-16(25(48)39-19(11-53)22(31)45)37-28(51)21(13(3)42)40-26(49)17(8-20(43)44)36-27(50)18(9-41)38-24(47)15(5-4-6-34-29(32)33)35-23(46)14(30)10-52/h12-19,21,41-42,52-53H,4-11,30H2,1-3H3,(H2,31,45)(H,35,46)(H,36,50)(H,37,51)(H,38,47)(H,39,48)(H,40,49)(H,43,44)(H4,32,33,34)/t13-,14+,15+,16+,17+,18+,19+,21+/m1/s1. The molecule has 17 N–H and O–H groups in total. The second kappa shape index (κ2) is 24.8. The molecule has 53 heavy (non-hydrogen) atoms. The fraction of sp³-hybridized carbons (Fsp3) is 0.690. The predicted molar refractivity (Wildman–Crippen MR) is 197 cm³/mol. The fourth-order valence-electron chi connectivity index (χ4n) is 4.36. The Kier molecular flexibility index (Phi) is 22.7. The van der Waals surface area contributed by atoms with Crippen molar-refractivity contribution in [3.8, 4) is 0 Å². The lowest BCUT2D eigenvalue weighted by molar-refractivity contribution is -0.142. The molecule has 0 aromatic heterocycles. The average molecular weight is 796 g/mol. The highest BCUT2D eigenvalue weighted by Crippen LogP contribution is 2.08. The number of hydrogen-bond acceptors (Lipinski definition) is 14. The molecule has 0 radical (unpaired) electrons. The summed E-state index contributed by atoms with van der Waals surface area (Å²) in [5, 5.41) is 43.3. The number of nitrogens with two attached hydrogens (primary N) is 4. The van der Waals surface area contributed by atoms with Crippen LogP contribution < -0.4 is 54.8 Å². The lowest BCUT2D eigenvalue weighted by Gasteiger charge is -2.28. The minimum atomic E-state index is -1.93. The van der Waals surface area contributed by atoms with Gasteiger partial charge in [0.05, 0.1) is 25.2 Å². The molecule has 302 valence electrons. The Hall–Kier alpha value is -4.39. The van der Waals surface area contributed by atoms with E-state index in [4.69, 9.17) is 22.9 Å². The number of carboxylic acids is 1. The number of aliphatic hydroxyl groups excluding tert-OH is 2. The number of aliphatic hydroxyl groups is 2. The molecule has 24 heteroatoms. The van der Waals surface area contributed by atoms with E-state index in [1.807, 2.05) is 0 Å². The predicted octanol–water partition coefficient (Wildman–Crippen LogP) is -6.49. The second-order valence-electron chi connectivity index (χ2n) is 12.3. The van der Waals surface area contributed by atoms with E-state index in [0.717, 1.165) is 6.92 Å². The van der Waals surface area contributed by atoms with Gasteiger partial charge in [0.2, 0.25) is 41.4 Å². The van der Waals surface area contributed by atoms with Crippen LogP contribution in [0.5, 0.6) is 0 Å². The largest absolute Gasteiger partial charge is 0.481 e. The second-order valence-corrected chi connectivity index (χ2v) is 13.0. The first-order valence-corrected chi connectivity index (χ1v) is 17.6. The number of carbonyl (C=O) groups excluding carboxylic acids is 7. The summed E-state index contributed by atoms with van der Waals surface area (Å²) in [5.74, 6) is -9.20. The van der Waals surface area contributed by atoms with Gasteiger partial charge in [-0.2, -0.15) is 25.3 Å². The third kappa shape index (κ3) is 18.8. The van der Waals surface area contributed by atoms with E-state index in [2.05, 4.69) is 62.2 Å². The molecule has 7 amide bonds. The highest BCUT2D eigenvalue weighted by atomic mass is 32.1. The third-order valence-electron chi connectivity index (χ3n) is 7.18. The van der Waals surface area contributed by atoms with Crippen LogP contribution >= 0.6 is 25.3 Å². The van der Waals surface area contributed by atoms with Crippen LogP contribution in [0.25, 0.3) is 0 Å². The van der Waals surface area contributed by atoms with Crippen LogP contribution in [0.4, 0.5) is 0 Å². The van der Waals surface area contributed by atoms with E-state index in [1.165, 1.54) is 0 Å². The van der Waals surface area contributed by atoms with Crippen molar-refractivity contribution in [2.45, 2.75) is 94.9 Å². The van der Waals surface area contributed by atoms with Gasteiger partial charge >= 0.3 is 5.97 Å². The molecule has 0 aromatic carbocycles. The van der Waals surface area contributed by atoms with Crippen LogP contribution in [0.3, 0.4) is 0 Å². The van der Waals surface area contributed by atoms with Crippen molar-refractivity contribution in [2.24, 2.45) is 33.8 Å². The summed E-state index contributed by atoms with van der Waals surface area (Å²) in [6.07, 6.45) is -2.52. The Balaban J connectivity index is 6.05. The van der Waals surface area contributed by atoms with Gasteiger partial charge in [0, 0.05) is 18.1 Å². The maximum Gasteiger partial charge on any atom is 0.305 e. The Morgan fingerprint density at radius 3 is 1.64 bits per heavy atom. The van der Waals surface area contributed by atoms with Gasteiger partial charge in [-0.15, -0.1) is 0 Å². The number of aliphatic imine (C=N–C) groups is 1. The zero-order valence-electron chi connectivity index (χ0n) is 29.6. The highest BCUT2D eigenvalue weighted by molar-refractivity contribution is 7.80. The number of guanidine groups is 1. The molecule has 0 unspecified atom stereocenters. The number of primary amides is 1. The minimum Gasteiger partial charge on any atom is -0.481 e. The maximum absolute atomic E-state index is 13.3. The lowest BCUT2D eigenvalue weighted by Crippen LogP contribution is -2.62. The summed E-state index contributed by atoms with van der Waals surface area (Å²) in [4.78, 5) is 105. The third-order valence-corrected chi connectivity index (χ3v) is 7.94. The molecule has 0 aliphatic heterocycles. The number of nitrogens with one attached hydrogen (secondary N) is 6. The van der Waals surface area contributed by atoms with Gasteiger partial charge in [0.25, 0.3) is 0 Å². The molecular weight excluding hydrogens is 743 g/mol. The van der Waals surface area contributed by atoms with Gasteiger partial charge in [-0.05, 0) is 32.1 Å². The van der Waals surface area contributed by atoms with E-state index < -0.39 is 109 Å². The topological polar surface area (TPSA) is 386 Å². The molecule has 0 spiro atoms. The summed E-state index contributed by atoms with van der Waals surface area (Å²) in [7, 11) is 0. The lowest BCUT2D eigenvalue weighted by atomic mass is 10.0. The Labute approximate surface area is 316 Å². The van der Waals surface area contributed by atoms with Crippen LogP contribution in [-0.2, 0) is 38.4 Å². The summed E-state index contributed by atoms with van der Waals surface area (Å²) in [6.45, 7) is 3.60. The van der Waals surface area contributed by atoms with Crippen LogP contribution in [0.2, 0.25) is 0 Å². The Morgan fingerprint density at radius 2 is 1.17 bits per heavy atom. The van der Waals surface area contributed by atoms with Gasteiger partial charge in [0.1, 0.15) is 36.3 Å². The van der Waals surface area contributed by atoms with Crippen molar-refractivity contribution < 1.29 is 53.7 Å². The number of thiol groups is 2. The van der Waals surface area contributed by atoms with Gasteiger partial charge in [-0.25, -0.2) is 0 Å². The van der Waals surface area contributed by atoms with Crippen molar-refractivity contribution in [3.63, 3.8) is 0 Å². The quantitative estimate of drug-likeness (QED) is 0.0177. The van der Waals surface area contributed by atoms with Gasteiger partial charge in [-0.1, -0.05) is 13.8 Å². The molecule has 0 rings (SSSR count). The zero-order valence-corrected chi connectivity index (χ0v) is 31.4. The van der Waals surface area contributed by atoms with Crippen LogP contribution in [-0.4, -0.2) is 142 Å². The summed E-state index contributed by atoms with van der Waals surface area (Å²) in [6, 6.07) is -10.4. The number of amides is 7. The molecule has 0 saturated heterocycles. The van der Waals surface area contributed by atoms with Crippen molar-refractivity contribution in [2.75, 3.05) is 24.7 Å². The van der Waals surface area contributed by atoms with Crippen LogP contribution in [0, 0.1) is 5.92 Å². The number of hydrogen-bond donors (Lipinski definition) is 15. The van der Waals surface area contributed by atoms with E-state index in [9.17, 15) is 53.7 Å². The maximum atomic E-state index is 13.3. The summed E-state index contributed by atoms with van der Waals surface area (Å²) in [5.41, 5.74) is 21.5. The van der Waals surface area contributed by atoms with Gasteiger partial charge in [-0.3, -0.25) is 43.3 Å². The van der Waals surface area contributed by atoms with Crippen molar-refractivity contribution in [1.82, 2.24) is 31.9 Å². The Bertz CT molecular complexity index is 1320. The molecule has 22 nitrogen and oxygen atoms in total. The number of nitrogens with zero attached hydrogens (tertiary/aromatic N) is 1. The zero-order chi connectivity index (χ0) is 41.0. The van der Waals surface area contributed by atoms with E-state index >= 15 is 0 Å². The van der Waals surface area contributed by atoms with Gasteiger partial charge in [0.15, 0.2) is 5.96 Å². The van der Waals surface area contributed by atoms with Crippen LogP contribution in [0.15, 0.2) is 4.99 Å². The SMILES string of the molecule is CC(C)C[C@H](NC(=O)[C@@H](NC(=O)[C@H](CC(=O)O)NC(=O)[C@H](CO)NC(=O)[C@H](CCCN=C(N)N)NC(=O)[C@@H](N)CS)[C@@H](C)O)C(=O)N[C@@H](CS)C(N)=O. The van der Waals surface area contributed by atoms with Crippen LogP contribution in [0.1, 0.15) is 46.5 Å². The normalized spacial score (nSPS) is 15.5. The molecule has 8 atom stereocenters. The van der Waals surface area contributed by atoms with Crippen molar-refractivity contribution in [3.05, 3.63) is 0 Å². The molecule has 0 aliphatic rings. The van der Waals surface area contributed by atoms with Gasteiger partial charge < -0.3 is 70.2 Å². The van der Waals surface area contributed by atoms with Crippen molar-refractivity contribution >= 4 is 78.5 Å². The molecule has 0 heterocycles. The monoisotopic (exact) mass is 795 g/mol. The van der Waals surface area contributed by atoms with Crippen molar-refractivity contribution in [1.29, 1.82) is 0 Å². The molecular formula is C29H53N11O11S2. The fourth-order valence-corrected chi connectivity index (χ4v) is 4.80. The number of aliphatic carboxylic acids is 1. The van der Waals surface area contributed by atoms with E-state index in [-0.39, 0.29) is 49.2 Å². The first-order chi connectivity index (χ1) is 24.7. The molecule has 0 aliphatic carbocycles. The first kappa shape index (κ1) is 48.6. The smallest absolute Gasteiger partial charge is 0.305 e. The molecule has 0 saturated carbocycles. The van der Waals surface area contributed by atoms with E-state index in [0.29, 0.717) is 0 Å². The number of rotatable bonds is 25. The number of carbonyl (C=O) groups is 8. The molecule has 0 bridgehead atoms. The summed E-state index contributed by atoms with van der Waals surface area (Å²) < 4.78 is 0. The first-order valence-electron chi connectivity index (χ1n) is 16.3. The number of carboxylic acid groups (broad SMARTS) is 1. The summed E-state index contributed by atoms with van der Waals surface area (Å²) >= 11 is 7.91. The molecule has 0 fully saturated rings. The van der Waals surface area contributed by atoms with E-state index in [1.54, 1.807) is 13.8 Å².